The molecule has 0 fully saturated rings. The summed E-state index contributed by atoms with van der Waals surface area (Å²) in [7, 11) is 0. The molecule has 0 atom stereocenters. The molecule has 0 unspecified atom stereocenters. The van der Waals surface area contributed by atoms with Gasteiger partial charge >= 0.3 is 0 Å². The quantitative estimate of drug-likeness (QED) is 0.764. The molecule has 1 N–H and O–H groups in total. The third kappa shape index (κ3) is 2.24. The van der Waals surface area contributed by atoms with Crippen LogP contribution in [-0.4, -0.2) is 10.9 Å². The van der Waals surface area contributed by atoms with E-state index in [9.17, 15) is 13.6 Å². The Morgan fingerprint density at radius 2 is 2.08 bits per heavy atom. The second kappa shape index (κ2) is 3.51. The van der Waals surface area contributed by atoms with Crippen LogP contribution in [0.1, 0.15) is 12.5 Å². The highest BCUT2D eigenvalue weighted by molar-refractivity contribution is 5.78. The summed E-state index contributed by atoms with van der Waals surface area (Å²) < 4.78 is 25.3. The van der Waals surface area contributed by atoms with Gasteiger partial charge in [-0.2, -0.15) is 0 Å². The average Bonchev–Trinajstić information content (AvgIpc) is 1.98. The molecule has 1 rings (SSSR count). The van der Waals surface area contributed by atoms with Crippen molar-refractivity contribution in [2.45, 2.75) is 13.3 Å². The molecule has 0 saturated heterocycles. The molecule has 1 aromatic carbocycles. The molecule has 1 aromatic rings. The standard InChI is InChI=1S/C9H8F2O2/c1-5(12)2-6-3-7(10)4-8(11)9(6)13/h3-4,13H,2H2,1H3. The van der Waals surface area contributed by atoms with Crippen LogP contribution in [0.15, 0.2) is 12.1 Å². The van der Waals surface area contributed by atoms with Crippen molar-refractivity contribution in [2.24, 2.45) is 0 Å². The summed E-state index contributed by atoms with van der Waals surface area (Å²) in [6.45, 7) is 1.28. The van der Waals surface area contributed by atoms with Gasteiger partial charge in [-0.25, -0.2) is 8.78 Å². The minimum atomic E-state index is -1.05. The summed E-state index contributed by atoms with van der Waals surface area (Å²) in [6, 6.07) is 1.51. The van der Waals surface area contributed by atoms with Gasteiger partial charge in [-0.15, -0.1) is 0 Å². The van der Waals surface area contributed by atoms with Gasteiger partial charge in [0.1, 0.15) is 11.6 Å². The van der Waals surface area contributed by atoms with Crippen molar-refractivity contribution in [1.29, 1.82) is 0 Å². The number of Topliss-reactive ketones (excluding diaryl/α,β-unsaturated/α-hetero) is 1. The Bertz CT molecular complexity index is 348. The fourth-order valence-electron chi connectivity index (χ4n) is 1.02. The Morgan fingerprint density at radius 1 is 1.46 bits per heavy atom. The van der Waals surface area contributed by atoms with Gasteiger partial charge in [0.25, 0.3) is 0 Å². The number of phenols is 1. The molecule has 0 saturated carbocycles. The molecule has 13 heavy (non-hydrogen) atoms. The maximum absolute atomic E-state index is 12.7. The lowest BCUT2D eigenvalue weighted by atomic mass is 10.1. The molecule has 0 aliphatic heterocycles. The molecule has 0 bridgehead atoms. The van der Waals surface area contributed by atoms with Crippen molar-refractivity contribution in [1.82, 2.24) is 0 Å². The summed E-state index contributed by atoms with van der Waals surface area (Å²) in [5, 5.41) is 9.08. The molecular formula is C9H8F2O2. The van der Waals surface area contributed by atoms with E-state index in [1.54, 1.807) is 0 Å². The molecule has 0 radical (unpaired) electrons. The largest absolute Gasteiger partial charge is 0.505 e. The SMILES string of the molecule is CC(=O)Cc1cc(F)cc(F)c1O. The molecule has 0 aromatic heterocycles. The topological polar surface area (TPSA) is 37.3 Å². The Hall–Kier alpha value is -1.45. The van der Waals surface area contributed by atoms with Gasteiger partial charge in [-0.3, -0.25) is 4.79 Å². The van der Waals surface area contributed by atoms with Gasteiger partial charge in [0.15, 0.2) is 11.6 Å². The zero-order chi connectivity index (χ0) is 10.0. The first-order valence-corrected chi connectivity index (χ1v) is 3.67. The van der Waals surface area contributed by atoms with Gasteiger partial charge in [0.05, 0.1) is 0 Å². The lowest BCUT2D eigenvalue weighted by Crippen LogP contribution is -1.98. The summed E-state index contributed by atoms with van der Waals surface area (Å²) in [6.07, 6.45) is -0.166. The number of ketones is 1. The van der Waals surface area contributed by atoms with Crippen LogP contribution in [0.3, 0.4) is 0 Å². The van der Waals surface area contributed by atoms with Crippen molar-refractivity contribution in [3.05, 3.63) is 29.3 Å². The number of aromatic hydroxyl groups is 1. The lowest BCUT2D eigenvalue weighted by molar-refractivity contribution is -0.116. The zero-order valence-electron chi connectivity index (χ0n) is 6.97. The van der Waals surface area contributed by atoms with Crippen LogP contribution in [0, 0.1) is 11.6 Å². The number of carbonyl (C=O) groups is 1. The van der Waals surface area contributed by atoms with Crippen LogP contribution in [0.2, 0.25) is 0 Å². The number of hydrogen-bond donors (Lipinski definition) is 1. The maximum atomic E-state index is 12.7. The summed E-state index contributed by atoms with van der Waals surface area (Å²) >= 11 is 0. The second-order valence-electron chi connectivity index (χ2n) is 2.77. The lowest BCUT2D eigenvalue weighted by Gasteiger charge is -2.02. The molecule has 70 valence electrons. The fourth-order valence-corrected chi connectivity index (χ4v) is 1.02. The Kier molecular flexibility index (Phi) is 2.60. The molecule has 4 heteroatoms. The number of carbonyl (C=O) groups excluding carboxylic acids is 1. The van der Waals surface area contributed by atoms with E-state index in [-0.39, 0.29) is 17.8 Å². The van der Waals surface area contributed by atoms with Crippen LogP contribution < -0.4 is 0 Å². The smallest absolute Gasteiger partial charge is 0.168 e. The fraction of sp³-hybridized carbons (Fsp3) is 0.222. The summed E-state index contributed by atoms with van der Waals surface area (Å²) in [5.74, 6) is -2.76. The number of hydrogen-bond acceptors (Lipinski definition) is 2. The molecule has 0 aliphatic rings. The van der Waals surface area contributed by atoms with E-state index in [1.165, 1.54) is 6.92 Å². The second-order valence-corrected chi connectivity index (χ2v) is 2.77. The molecule has 2 nitrogen and oxygen atoms in total. The van der Waals surface area contributed by atoms with Gasteiger partial charge in [-0.05, 0) is 13.0 Å². The average molecular weight is 186 g/mol. The zero-order valence-corrected chi connectivity index (χ0v) is 6.97. The third-order valence-corrected chi connectivity index (χ3v) is 1.55. The van der Waals surface area contributed by atoms with E-state index >= 15 is 0 Å². The van der Waals surface area contributed by atoms with Crippen molar-refractivity contribution in [2.75, 3.05) is 0 Å². The van der Waals surface area contributed by atoms with Gasteiger partial charge < -0.3 is 5.11 Å². The summed E-state index contributed by atoms with van der Waals surface area (Å²) in [4.78, 5) is 10.6. The van der Waals surface area contributed by atoms with E-state index in [4.69, 9.17) is 5.11 Å². The monoisotopic (exact) mass is 186 g/mol. The highest BCUT2D eigenvalue weighted by Gasteiger charge is 2.11. The minimum Gasteiger partial charge on any atom is -0.505 e. The highest BCUT2D eigenvalue weighted by Crippen LogP contribution is 2.22. The van der Waals surface area contributed by atoms with Crippen molar-refractivity contribution < 1.29 is 18.7 Å². The molecule has 0 aliphatic carbocycles. The van der Waals surface area contributed by atoms with E-state index in [2.05, 4.69) is 0 Å². The number of rotatable bonds is 2. The van der Waals surface area contributed by atoms with Gasteiger partial charge in [0, 0.05) is 18.1 Å². The highest BCUT2D eigenvalue weighted by atomic mass is 19.1. The van der Waals surface area contributed by atoms with Gasteiger partial charge in [-0.1, -0.05) is 0 Å². The predicted molar refractivity (Wildman–Crippen MR) is 42.4 cm³/mol. The first kappa shape index (κ1) is 9.64. The normalized spacial score (nSPS) is 10.1. The Balaban J connectivity index is 3.12. The Labute approximate surface area is 73.8 Å². The minimum absolute atomic E-state index is 0.0231. The third-order valence-electron chi connectivity index (χ3n) is 1.55. The van der Waals surface area contributed by atoms with Crippen LogP contribution in [0.5, 0.6) is 5.75 Å². The Morgan fingerprint density at radius 3 is 2.62 bits per heavy atom. The van der Waals surface area contributed by atoms with Crippen LogP contribution in [0.4, 0.5) is 8.78 Å². The van der Waals surface area contributed by atoms with E-state index < -0.39 is 17.4 Å². The van der Waals surface area contributed by atoms with E-state index in [0.717, 1.165) is 6.07 Å². The number of halogens is 2. The molecule has 0 heterocycles. The van der Waals surface area contributed by atoms with Crippen LogP contribution in [-0.2, 0) is 11.2 Å². The molecule has 0 spiro atoms. The molecule has 0 amide bonds. The van der Waals surface area contributed by atoms with Gasteiger partial charge in [0.2, 0.25) is 0 Å². The first-order valence-electron chi connectivity index (χ1n) is 3.67. The number of phenolic OH excluding ortho intramolecular Hbond substituents is 1. The number of benzene rings is 1. The first-order chi connectivity index (χ1) is 6.00. The van der Waals surface area contributed by atoms with Crippen molar-refractivity contribution >= 4 is 5.78 Å². The summed E-state index contributed by atoms with van der Waals surface area (Å²) in [5.41, 5.74) is -0.0231. The van der Waals surface area contributed by atoms with E-state index in [1.807, 2.05) is 0 Å². The molecular weight excluding hydrogens is 178 g/mol. The van der Waals surface area contributed by atoms with Crippen LogP contribution in [0.25, 0.3) is 0 Å². The van der Waals surface area contributed by atoms with Crippen molar-refractivity contribution in [3.63, 3.8) is 0 Å². The maximum Gasteiger partial charge on any atom is 0.168 e. The van der Waals surface area contributed by atoms with Crippen LogP contribution >= 0.6 is 0 Å². The predicted octanol–water partition coefficient (Wildman–Crippen LogP) is 1.80. The van der Waals surface area contributed by atoms with E-state index in [0.29, 0.717) is 6.07 Å². The van der Waals surface area contributed by atoms with Crippen molar-refractivity contribution in [3.8, 4) is 5.75 Å².